The quantitative estimate of drug-likeness (QED) is 0.685. The van der Waals surface area contributed by atoms with Gasteiger partial charge in [0.2, 0.25) is 5.91 Å². The number of carbonyl (C=O) groups is 2. The van der Waals surface area contributed by atoms with Crippen LogP contribution in [0.25, 0.3) is 0 Å². The van der Waals surface area contributed by atoms with Crippen LogP contribution in [0.2, 0.25) is 0 Å². The Morgan fingerprint density at radius 2 is 1.87 bits per heavy atom. The molecule has 0 heterocycles. The average molecular weight is 215 g/mol. The van der Waals surface area contributed by atoms with Crippen molar-refractivity contribution >= 4 is 11.9 Å². The molecule has 0 fully saturated rings. The number of rotatable bonds is 6. The van der Waals surface area contributed by atoms with E-state index in [1.165, 1.54) is 7.11 Å². The zero-order valence-corrected chi connectivity index (χ0v) is 10.1. The Labute approximate surface area is 91.4 Å². The van der Waals surface area contributed by atoms with E-state index in [9.17, 15) is 9.59 Å². The van der Waals surface area contributed by atoms with Crippen molar-refractivity contribution in [1.82, 2.24) is 5.32 Å². The third-order valence-corrected chi connectivity index (χ3v) is 2.28. The minimum atomic E-state index is -0.879. The molecule has 88 valence electrons. The fourth-order valence-corrected chi connectivity index (χ4v) is 1.54. The fourth-order valence-electron chi connectivity index (χ4n) is 1.54. The summed E-state index contributed by atoms with van der Waals surface area (Å²) in [5, 5.41) is 2.73. The minimum Gasteiger partial charge on any atom is -0.467 e. The number of hydrogen-bond acceptors (Lipinski definition) is 3. The first kappa shape index (κ1) is 13.9. The first-order valence-electron chi connectivity index (χ1n) is 5.39. The molecule has 0 spiro atoms. The average Bonchev–Trinajstić information content (AvgIpc) is 2.17. The SMILES string of the molecule is CCCC(=O)NC(C)(CCC)C(=O)OC. The highest BCUT2D eigenvalue weighted by atomic mass is 16.5. The van der Waals surface area contributed by atoms with Crippen molar-refractivity contribution in [3.8, 4) is 0 Å². The van der Waals surface area contributed by atoms with E-state index in [1.54, 1.807) is 6.92 Å². The van der Waals surface area contributed by atoms with Crippen molar-refractivity contribution in [3.63, 3.8) is 0 Å². The van der Waals surface area contributed by atoms with Crippen LogP contribution in [-0.2, 0) is 14.3 Å². The molecule has 0 aromatic rings. The van der Waals surface area contributed by atoms with E-state index >= 15 is 0 Å². The molecule has 0 saturated heterocycles. The molecule has 0 rings (SSSR count). The van der Waals surface area contributed by atoms with E-state index in [4.69, 9.17) is 4.74 Å². The second kappa shape index (κ2) is 6.43. The van der Waals surface area contributed by atoms with E-state index in [0.717, 1.165) is 12.8 Å². The summed E-state index contributed by atoms with van der Waals surface area (Å²) >= 11 is 0. The Morgan fingerprint density at radius 1 is 1.27 bits per heavy atom. The van der Waals surface area contributed by atoms with Crippen LogP contribution < -0.4 is 5.32 Å². The van der Waals surface area contributed by atoms with Gasteiger partial charge in [-0.15, -0.1) is 0 Å². The summed E-state index contributed by atoms with van der Waals surface area (Å²) in [4.78, 5) is 23.0. The molecular weight excluding hydrogens is 194 g/mol. The Morgan fingerprint density at radius 3 is 2.27 bits per heavy atom. The monoisotopic (exact) mass is 215 g/mol. The Balaban J connectivity index is 4.50. The van der Waals surface area contributed by atoms with Crippen molar-refractivity contribution in [3.05, 3.63) is 0 Å². The van der Waals surface area contributed by atoms with E-state index in [-0.39, 0.29) is 11.9 Å². The lowest BCUT2D eigenvalue weighted by molar-refractivity contribution is -0.150. The predicted octanol–water partition coefficient (Wildman–Crippen LogP) is 1.63. The molecule has 1 amide bonds. The normalized spacial score (nSPS) is 14.1. The zero-order valence-electron chi connectivity index (χ0n) is 10.1. The largest absolute Gasteiger partial charge is 0.467 e. The standard InChI is InChI=1S/C11H21NO3/c1-5-7-9(13)12-11(3,8-6-2)10(14)15-4/h5-8H2,1-4H3,(H,12,13). The number of amides is 1. The zero-order chi connectivity index (χ0) is 11.9. The second-order valence-electron chi connectivity index (χ2n) is 3.87. The maximum Gasteiger partial charge on any atom is 0.331 e. The lowest BCUT2D eigenvalue weighted by atomic mass is 9.96. The van der Waals surface area contributed by atoms with Gasteiger partial charge in [-0.3, -0.25) is 4.79 Å². The van der Waals surface area contributed by atoms with Gasteiger partial charge in [0.05, 0.1) is 7.11 Å². The van der Waals surface area contributed by atoms with E-state index in [0.29, 0.717) is 12.8 Å². The highest BCUT2D eigenvalue weighted by molar-refractivity contribution is 5.87. The van der Waals surface area contributed by atoms with Crippen molar-refractivity contribution in [2.75, 3.05) is 7.11 Å². The fraction of sp³-hybridized carbons (Fsp3) is 0.818. The second-order valence-corrected chi connectivity index (χ2v) is 3.87. The molecule has 4 heteroatoms. The summed E-state index contributed by atoms with van der Waals surface area (Å²) in [6.45, 7) is 5.60. The van der Waals surface area contributed by atoms with Crippen LogP contribution >= 0.6 is 0 Å². The van der Waals surface area contributed by atoms with Gasteiger partial charge in [-0.25, -0.2) is 4.79 Å². The Bertz CT molecular complexity index is 228. The highest BCUT2D eigenvalue weighted by Gasteiger charge is 2.34. The molecule has 15 heavy (non-hydrogen) atoms. The van der Waals surface area contributed by atoms with Gasteiger partial charge in [0, 0.05) is 6.42 Å². The van der Waals surface area contributed by atoms with Crippen LogP contribution in [0, 0.1) is 0 Å². The molecule has 1 atom stereocenters. The molecule has 0 aliphatic rings. The van der Waals surface area contributed by atoms with Crippen molar-refractivity contribution in [2.24, 2.45) is 0 Å². The molecule has 4 nitrogen and oxygen atoms in total. The van der Waals surface area contributed by atoms with Crippen LogP contribution in [-0.4, -0.2) is 24.5 Å². The summed E-state index contributed by atoms with van der Waals surface area (Å²) in [5.74, 6) is -0.479. The smallest absolute Gasteiger partial charge is 0.331 e. The van der Waals surface area contributed by atoms with Crippen LogP contribution in [0.4, 0.5) is 0 Å². The maximum absolute atomic E-state index is 11.5. The molecule has 0 bridgehead atoms. The predicted molar refractivity (Wildman–Crippen MR) is 58.4 cm³/mol. The van der Waals surface area contributed by atoms with Gasteiger partial charge in [-0.05, 0) is 19.8 Å². The third kappa shape index (κ3) is 4.32. The first-order chi connectivity index (χ1) is 7.00. The van der Waals surface area contributed by atoms with Gasteiger partial charge >= 0.3 is 5.97 Å². The molecule has 1 N–H and O–H groups in total. The number of hydrogen-bond donors (Lipinski definition) is 1. The molecule has 0 aliphatic heterocycles. The van der Waals surface area contributed by atoms with Gasteiger partial charge in [0.25, 0.3) is 0 Å². The van der Waals surface area contributed by atoms with Gasteiger partial charge in [0.1, 0.15) is 5.54 Å². The lowest BCUT2D eigenvalue weighted by Crippen LogP contribution is -2.52. The molecule has 0 aromatic carbocycles. The van der Waals surface area contributed by atoms with E-state index in [1.807, 2.05) is 13.8 Å². The molecule has 0 radical (unpaired) electrons. The molecule has 0 aliphatic carbocycles. The van der Waals surface area contributed by atoms with Gasteiger partial charge < -0.3 is 10.1 Å². The molecule has 1 unspecified atom stereocenters. The highest BCUT2D eigenvalue weighted by Crippen LogP contribution is 2.14. The summed E-state index contributed by atoms with van der Waals surface area (Å²) in [5.41, 5.74) is -0.879. The Hall–Kier alpha value is -1.06. The summed E-state index contributed by atoms with van der Waals surface area (Å²) in [6, 6.07) is 0. The van der Waals surface area contributed by atoms with Crippen molar-refractivity contribution in [2.45, 2.75) is 52.0 Å². The topological polar surface area (TPSA) is 55.4 Å². The maximum atomic E-state index is 11.5. The number of carbonyl (C=O) groups excluding carboxylic acids is 2. The lowest BCUT2D eigenvalue weighted by Gasteiger charge is -2.27. The summed E-state index contributed by atoms with van der Waals surface area (Å²) in [7, 11) is 1.34. The number of methoxy groups -OCH3 is 1. The van der Waals surface area contributed by atoms with Gasteiger partial charge in [-0.1, -0.05) is 20.3 Å². The van der Waals surface area contributed by atoms with Crippen LogP contribution in [0.15, 0.2) is 0 Å². The summed E-state index contributed by atoms with van der Waals surface area (Å²) < 4.78 is 4.69. The van der Waals surface area contributed by atoms with Crippen molar-refractivity contribution < 1.29 is 14.3 Å². The van der Waals surface area contributed by atoms with Crippen molar-refractivity contribution in [1.29, 1.82) is 0 Å². The van der Waals surface area contributed by atoms with Crippen LogP contribution in [0.5, 0.6) is 0 Å². The van der Waals surface area contributed by atoms with Gasteiger partial charge in [0.15, 0.2) is 0 Å². The van der Waals surface area contributed by atoms with Crippen LogP contribution in [0.1, 0.15) is 46.5 Å². The molecule has 0 saturated carbocycles. The van der Waals surface area contributed by atoms with E-state index < -0.39 is 5.54 Å². The Kier molecular flexibility index (Phi) is 5.97. The number of ether oxygens (including phenoxy) is 1. The molecular formula is C11H21NO3. The molecule has 0 aromatic heterocycles. The first-order valence-corrected chi connectivity index (χ1v) is 5.39. The van der Waals surface area contributed by atoms with Crippen LogP contribution in [0.3, 0.4) is 0 Å². The minimum absolute atomic E-state index is 0.0983. The van der Waals surface area contributed by atoms with Gasteiger partial charge in [-0.2, -0.15) is 0 Å². The van der Waals surface area contributed by atoms with E-state index in [2.05, 4.69) is 5.32 Å². The third-order valence-electron chi connectivity index (χ3n) is 2.28. The number of esters is 1. The summed E-state index contributed by atoms with van der Waals surface area (Å²) in [6.07, 6.45) is 2.62. The number of nitrogens with one attached hydrogen (secondary N) is 1.